The van der Waals surface area contributed by atoms with Crippen LogP contribution in [-0.2, 0) is 4.74 Å². The largest absolute Gasteiger partial charge is 0.383 e. The molecule has 1 saturated carbocycles. The molecule has 150 valence electrons. The van der Waals surface area contributed by atoms with Crippen molar-refractivity contribution < 1.29 is 13.7 Å². The highest BCUT2D eigenvalue weighted by molar-refractivity contribution is 5.83. The predicted octanol–water partition coefficient (Wildman–Crippen LogP) is 3.17. The van der Waals surface area contributed by atoms with E-state index in [1.165, 1.54) is 23.0 Å². The number of hydrogen-bond donors (Lipinski definition) is 0. The minimum Gasteiger partial charge on any atom is -0.383 e. The van der Waals surface area contributed by atoms with E-state index < -0.39 is 5.82 Å². The molecule has 0 aliphatic heterocycles. The molecule has 5 rings (SSSR count). The predicted molar refractivity (Wildman–Crippen MR) is 103 cm³/mol. The van der Waals surface area contributed by atoms with Crippen molar-refractivity contribution in [3.8, 4) is 11.5 Å². The molecule has 0 amide bonds. The van der Waals surface area contributed by atoms with Gasteiger partial charge in [0.2, 0.25) is 11.7 Å². The molecular weight excluding hydrogens is 377 g/mol. The Morgan fingerprint density at radius 3 is 2.90 bits per heavy atom. The van der Waals surface area contributed by atoms with E-state index in [1.54, 1.807) is 17.6 Å². The van der Waals surface area contributed by atoms with Crippen molar-refractivity contribution in [2.24, 2.45) is 5.92 Å². The van der Waals surface area contributed by atoms with Crippen LogP contribution in [0.1, 0.15) is 38.1 Å². The van der Waals surface area contributed by atoms with Crippen molar-refractivity contribution in [1.29, 1.82) is 0 Å². The molecule has 3 aromatic heterocycles. The van der Waals surface area contributed by atoms with Gasteiger partial charge in [0.25, 0.3) is 5.56 Å². The lowest BCUT2D eigenvalue weighted by atomic mass is 10.2. The summed E-state index contributed by atoms with van der Waals surface area (Å²) < 4.78 is 27.8. The van der Waals surface area contributed by atoms with E-state index in [0.717, 1.165) is 6.42 Å². The molecule has 1 aliphatic carbocycles. The second-order valence-electron chi connectivity index (χ2n) is 7.70. The summed E-state index contributed by atoms with van der Waals surface area (Å²) in [6.07, 6.45) is 2.55. The van der Waals surface area contributed by atoms with E-state index in [1.807, 2.05) is 6.92 Å². The van der Waals surface area contributed by atoms with Crippen molar-refractivity contribution in [3.63, 3.8) is 0 Å². The van der Waals surface area contributed by atoms with Crippen LogP contribution in [-0.4, -0.2) is 37.8 Å². The minimum absolute atomic E-state index is 0.271. The first kappa shape index (κ1) is 18.0. The average molecular weight is 397 g/mol. The number of methoxy groups -OCH3 is 1. The van der Waals surface area contributed by atoms with Gasteiger partial charge >= 0.3 is 0 Å². The lowest BCUT2D eigenvalue weighted by Crippen LogP contribution is -2.28. The molecule has 0 N–H and O–H groups in total. The van der Waals surface area contributed by atoms with Gasteiger partial charge in [-0.2, -0.15) is 4.98 Å². The number of ether oxygens (including phenoxy) is 1. The molecule has 0 radical (unpaired) electrons. The Morgan fingerprint density at radius 2 is 2.17 bits per heavy atom. The molecule has 3 atom stereocenters. The van der Waals surface area contributed by atoms with Crippen LogP contribution in [0.25, 0.3) is 28.1 Å². The first-order valence-electron chi connectivity index (χ1n) is 9.53. The highest BCUT2D eigenvalue weighted by Gasteiger charge is 2.39. The van der Waals surface area contributed by atoms with E-state index in [-0.39, 0.29) is 23.3 Å². The fourth-order valence-corrected chi connectivity index (χ4v) is 3.92. The molecular formula is C20H20FN5O3. The molecule has 1 aromatic carbocycles. The van der Waals surface area contributed by atoms with Crippen molar-refractivity contribution >= 4 is 16.6 Å². The number of nitrogens with zero attached hydrogens (tertiary/aromatic N) is 5. The maximum atomic E-state index is 14.0. The second kappa shape index (κ2) is 6.48. The van der Waals surface area contributed by atoms with Crippen LogP contribution in [0.2, 0.25) is 0 Å². The molecule has 9 heteroatoms. The Bertz CT molecular complexity index is 1290. The Hall–Kier alpha value is -3.07. The third-order valence-electron chi connectivity index (χ3n) is 5.57. The monoisotopic (exact) mass is 397 g/mol. The smallest absolute Gasteiger partial charge is 0.278 e. The van der Waals surface area contributed by atoms with Crippen molar-refractivity contribution in [1.82, 2.24) is 24.1 Å². The van der Waals surface area contributed by atoms with Gasteiger partial charge < -0.3 is 9.26 Å². The highest BCUT2D eigenvalue weighted by Crippen LogP contribution is 2.46. The summed E-state index contributed by atoms with van der Waals surface area (Å²) in [5, 5.41) is 4.06. The summed E-state index contributed by atoms with van der Waals surface area (Å²) in [5.74, 6) is 1.23. The van der Waals surface area contributed by atoms with E-state index in [9.17, 15) is 9.18 Å². The minimum atomic E-state index is -0.420. The number of halogens is 1. The van der Waals surface area contributed by atoms with Crippen LogP contribution in [0.5, 0.6) is 0 Å². The van der Waals surface area contributed by atoms with Crippen molar-refractivity contribution in [2.75, 3.05) is 13.7 Å². The van der Waals surface area contributed by atoms with Gasteiger partial charge in [0, 0.05) is 13.0 Å². The fraction of sp³-hybridized carbons (Fsp3) is 0.400. The van der Waals surface area contributed by atoms with Crippen LogP contribution in [0, 0.1) is 11.7 Å². The molecule has 4 aromatic rings. The molecule has 8 nitrogen and oxygen atoms in total. The van der Waals surface area contributed by atoms with Gasteiger partial charge in [-0.05, 0) is 37.5 Å². The first-order chi connectivity index (χ1) is 14.0. The number of hydrogen-bond acceptors (Lipinski definition) is 6. The topological polar surface area (TPSA) is 87.5 Å². The summed E-state index contributed by atoms with van der Waals surface area (Å²) in [7, 11) is 1.56. The lowest BCUT2D eigenvalue weighted by molar-refractivity contribution is 0.162. The number of fused-ring (bicyclic) bond motifs is 3. The van der Waals surface area contributed by atoms with Crippen LogP contribution in [0.3, 0.4) is 0 Å². The van der Waals surface area contributed by atoms with Gasteiger partial charge in [-0.25, -0.2) is 9.37 Å². The summed E-state index contributed by atoms with van der Waals surface area (Å²) in [5.41, 5.74) is 1.48. The second-order valence-corrected chi connectivity index (χ2v) is 7.70. The Morgan fingerprint density at radius 1 is 1.38 bits per heavy atom. The quantitative estimate of drug-likeness (QED) is 0.514. The lowest BCUT2D eigenvalue weighted by Gasteiger charge is -2.18. The van der Waals surface area contributed by atoms with Crippen LogP contribution in [0.4, 0.5) is 4.39 Å². The van der Waals surface area contributed by atoms with E-state index in [0.29, 0.717) is 40.7 Å². The van der Waals surface area contributed by atoms with Gasteiger partial charge in [-0.3, -0.25) is 13.8 Å². The number of benzene rings is 1. The molecule has 0 saturated heterocycles. The van der Waals surface area contributed by atoms with Gasteiger partial charge in [0.15, 0.2) is 0 Å². The highest BCUT2D eigenvalue weighted by atomic mass is 19.1. The van der Waals surface area contributed by atoms with Gasteiger partial charge in [0.05, 0.1) is 23.7 Å². The van der Waals surface area contributed by atoms with E-state index >= 15 is 0 Å². The van der Waals surface area contributed by atoms with Gasteiger partial charge in [-0.1, -0.05) is 12.1 Å². The summed E-state index contributed by atoms with van der Waals surface area (Å²) >= 11 is 0. The molecule has 1 aliphatic rings. The molecule has 0 bridgehead atoms. The SMILES string of the molecule is COCC(C)n1c(=O)c2c(-c3noc(C4CC4C)n3)ncn2c2ccc(F)cc21. The number of rotatable bonds is 5. The Balaban J connectivity index is 1.78. The van der Waals surface area contributed by atoms with Gasteiger partial charge in [0.1, 0.15) is 23.4 Å². The number of imidazole rings is 1. The standard InChI is InChI=1S/C20H20FN5O3/c1-10-6-13(10)19-23-18(24-29-19)16-17-20(27)26(11(2)8-28-3)15-7-12(21)4-5-14(15)25(17)9-22-16/h4-5,7,9-11,13H,6,8H2,1-3H3. The van der Waals surface area contributed by atoms with Gasteiger partial charge in [-0.15, -0.1) is 0 Å². The molecule has 3 heterocycles. The Kier molecular flexibility index (Phi) is 4.02. The van der Waals surface area contributed by atoms with Crippen molar-refractivity contribution in [3.05, 3.63) is 46.6 Å². The summed E-state index contributed by atoms with van der Waals surface area (Å²) in [6, 6.07) is 4.03. The van der Waals surface area contributed by atoms with Crippen LogP contribution in [0.15, 0.2) is 33.8 Å². The third-order valence-corrected chi connectivity index (χ3v) is 5.57. The maximum Gasteiger partial charge on any atom is 0.278 e. The van der Waals surface area contributed by atoms with Crippen LogP contribution >= 0.6 is 0 Å². The Labute approximate surface area is 164 Å². The zero-order valence-electron chi connectivity index (χ0n) is 16.3. The zero-order valence-corrected chi connectivity index (χ0v) is 16.3. The molecule has 1 fully saturated rings. The first-order valence-corrected chi connectivity index (χ1v) is 9.53. The maximum absolute atomic E-state index is 14.0. The fourth-order valence-electron chi connectivity index (χ4n) is 3.92. The number of aromatic nitrogens is 5. The third kappa shape index (κ3) is 2.76. The molecule has 29 heavy (non-hydrogen) atoms. The van der Waals surface area contributed by atoms with E-state index in [4.69, 9.17) is 9.26 Å². The summed E-state index contributed by atoms with van der Waals surface area (Å²) in [6.45, 7) is 4.28. The normalized spacial score (nSPS) is 19.9. The van der Waals surface area contributed by atoms with E-state index in [2.05, 4.69) is 22.0 Å². The summed E-state index contributed by atoms with van der Waals surface area (Å²) in [4.78, 5) is 22.3. The molecule has 0 spiro atoms. The van der Waals surface area contributed by atoms with Crippen LogP contribution < -0.4 is 5.56 Å². The average Bonchev–Trinajstić information content (AvgIpc) is 3.10. The molecule has 3 unspecified atom stereocenters. The van der Waals surface area contributed by atoms with Crippen molar-refractivity contribution in [2.45, 2.75) is 32.2 Å². The zero-order chi connectivity index (χ0) is 20.3.